The second kappa shape index (κ2) is 6.29. The lowest BCUT2D eigenvalue weighted by Crippen LogP contribution is -2.64. The summed E-state index contributed by atoms with van der Waals surface area (Å²) < 4.78 is 0. The topological polar surface area (TPSA) is 49.4 Å². The molecule has 0 bridgehead atoms. The van der Waals surface area contributed by atoms with Crippen LogP contribution in [0.1, 0.15) is 39.2 Å². The van der Waals surface area contributed by atoms with Crippen molar-refractivity contribution >= 4 is 11.8 Å². The van der Waals surface area contributed by atoms with E-state index in [1.165, 1.54) is 5.56 Å². The van der Waals surface area contributed by atoms with Gasteiger partial charge in [-0.1, -0.05) is 37.3 Å². The van der Waals surface area contributed by atoms with E-state index < -0.39 is 0 Å². The molecule has 1 saturated heterocycles. The maximum absolute atomic E-state index is 12.3. The van der Waals surface area contributed by atoms with Gasteiger partial charge in [0.05, 0.1) is 6.54 Å². The van der Waals surface area contributed by atoms with Crippen LogP contribution in [0.2, 0.25) is 0 Å². The van der Waals surface area contributed by atoms with Crippen LogP contribution >= 0.6 is 0 Å². The summed E-state index contributed by atoms with van der Waals surface area (Å²) in [6.07, 6.45) is 2.38. The first-order chi connectivity index (χ1) is 9.95. The molecule has 4 heteroatoms. The van der Waals surface area contributed by atoms with Gasteiger partial charge in [-0.05, 0) is 38.7 Å². The Kier molecular flexibility index (Phi) is 4.66. The Balaban J connectivity index is 2.12. The molecule has 1 aliphatic rings. The second-order valence-electron chi connectivity index (χ2n) is 6.20. The Morgan fingerprint density at radius 1 is 1.24 bits per heavy atom. The van der Waals surface area contributed by atoms with E-state index in [0.29, 0.717) is 6.42 Å². The van der Waals surface area contributed by atoms with Crippen molar-refractivity contribution in [1.82, 2.24) is 10.2 Å². The number of nitrogens with zero attached hydrogens (tertiary/aromatic N) is 1. The average Bonchev–Trinajstić information content (AvgIpc) is 2.48. The van der Waals surface area contributed by atoms with Gasteiger partial charge in [0.2, 0.25) is 11.8 Å². The molecule has 0 spiro atoms. The fourth-order valence-electron chi connectivity index (χ4n) is 3.00. The summed E-state index contributed by atoms with van der Waals surface area (Å²) in [7, 11) is 0. The van der Waals surface area contributed by atoms with E-state index in [-0.39, 0.29) is 29.9 Å². The molecule has 2 rings (SSSR count). The van der Waals surface area contributed by atoms with E-state index in [9.17, 15) is 9.59 Å². The Morgan fingerprint density at radius 3 is 2.52 bits per heavy atom. The molecule has 4 nitrogen and oxygen atoms in total. The first kappa shape index (κ1) is 15.5. The number of benzene rings is 1. The van der Waals surface area contributed by atoms with Gasteiger partial charge in [0, 0.05) is 5.54 Å². The summed E-state index contributed by atoms with van der Waals surface area (Å²) in [6, 6.07) is 9.89. The van der Waals surface area contributed by atoms with Crippen LogP contribution in [-0.4, -0.2) is 34.8 Å². The minimum Gasteiger partial charge on any atom is -0.345 e. The minimum absolute atomic E-state index is 0.0134. The van der Waals surface area contributed by atoms with E-state index in [2.05, 4.69) is 31.3 Å². The molecule has 1 aromatic rings. The maximum atomic E-state index is 12.3. The number of carbonyl (C=O) groups excluding carboxylic acids is 2. The van der Waals surface area contributed by atoms with Gasteiger partial charge in [-0.15, -0.1) is 0 Å². The summed E-state index contributed by atoms with van der Waals surface area (Å²) in [5.41, 5.74) is 0.929. The van der Waals surface area contributed by atoms with Gasteiger partial charge in [-0.2, -0.15) is 0 Å². The highest BCUT2D eigenvalue weighted by Crippen LogP contribution is 2.27. The van der Waals surface area contributed by atoms with Gasteiger partial charge in [0.25, 0.3) is 0 Å². The van der Waals surface area contributed by atoms with Crippen LogP contribution in [0.5, 0.6) is 0 Å². The molecule has 1 atom stereocenters. The number of hydrogen-bond donors (Lipinski definition) is 1. The van der Waals surface area contributed by atoms with E-state index in [1.807, 2.05) is 25.1 Å². The van der Waals surface area contributed by atoms with Crippen molar-refractivity contribution in [1.29, 1.82) is 0 Å². The molecule has 0 saturated carbocycles. The number of piperazine rings is 1. The highest BCUT2D eigenvalue weighted by atomic mass is 16.2. The third-order valence-electron chi connectivity index (χ3n) is 4.20. The van der Waals surface area contributed by atoms with Crippen molar-refractivity contribution in [2.45, 2.75) is 51.6 Å². The smallest absolute Gasteiger partial charge is 0.243 e. The Morgan fingerprint density at radius 2 is 1.90 bits per heavy atom. The number of amides is 2. The Labute approximate surface area is 126 Å². The second-order valence-corrected chi connectivity index (χ2v) is 6.20. The monoisotopic (exact) mass is 288 g/mol. The van der Waals surface area contributed by atoms with Crippen molar-refractivity contribution in [2.75, 3.05) is 6.54 Å². The zero-order chi connectivity index (χ0) is 15.5. The van der Waals surface area contributed by atoms with E-state index in [1.54, 1.807) is 4.90 Å². The third-order valence-corrected chi connectivity index (χ3v) is 4.20. The van der Waals surface area contributed by atoms with Crippen LogP contribution < -0.4 is 5.32 Å². The fraction of sp³-hybridized carbons (Fsp3) is 0.529. The largest absolute Gasteiger partial charge is 0.345 e. The first-order valence-corrected chi connectivity index (χ1v) is 7.59. The third kappa shape index (κ3) is 3.43. The highest BCUT2D eigenvalue weighted by molar-refractivity contribution is 5.95. The van der Waals surface area contributed by atoms with Crippen molar-refractivity contribution < 1.29 is 9.59 Å². The highest BCUT2D eigenvalue weighted by Gasteiger charge is 2.41. The summed E-state index contributed by atoms with van der Waals surface area (Å²) in [4.78, 5) is 26.1. The molecule has 114 valence electrons. The number of aryl methyl sites for hydroxylation is 1. The van der Waals surface area contributed by atoms with Gasteiger partial charge < -0.3 is 10.2 Å². The molecule has 0 aromatic heterocycles. The van der Waals surface area contributed by atoms with Gasteiger partial charge >= 0.3 is 0 Å². The molecular weight excluding hydrogens is 264 g/mol. The summed E-state index contributed by atoms with van der Waals surface area (Å²) in [6.45, 7) is 6.16. The zero-order valence-corrected chi connectivity index (χ0v) is 13.1. The average molecular weight is 288 g/mol. The lowest BCUT2D eigenvalue weighted by molar-refractivity contribution is -0.152. The molecule has 1 fully saturated rings. The van der Waals surface area contributed by atoms with Crippen LogP contribution in [0.4, 0.5) is 0 Å². The lowest BCUT2D eigenvalue weighted by Gasteiger charge is -2.45. The number of nitrogens with one attached hydrogen (secondary N) is 1. The van der Waals surface area contributed by atoms with Gasteiger partial charge in [-0.3, -0.25) is 9.59 Å². The van der Waals surface area contributed by atoms with Gasteiger partial charge in [-0.25, -0.2) is 0 Å². The van der Waals surface area contributed by atoms with Crippen molar-refractivity contribution in [2.24, 2.45) is 0 Å². The van der Waals surface area contributed by atoms with Gasteiger partial charge in [0.15, 0.2) is 0 Å². The predicted octanol–water partition coefficient (Wildman–Crippen LogP) is 2.13. The SMILES string of the molecule is CCC1C(=O)NCC(=O)N1C(C)(C)CCc1ccccc1. The first-order valence-electron chi connectivity index (χ1n) is 7.59. The van der Waals surface area contributed by atoms with Crippen LogP contribution in [0, 0.1) is 0 Å². The molecule has 2 amide bonds. The molecule has 0 aliphatic carbocycles. The molecule has 1 aliphatic heterocycles. The number of carbonyl (C=O) groups is 2. The fourth-order valence-corrected chi connectivity index (χ4v) is 3.00. The van der Waals surface area contributed by atoms with E-state index >= 15 is 0 Å². The lowest BCUT2D eigenvalue weighted by atomic mass is 9.90. The molecule has 1 unspecified atom stereocenters. The van der Waals surface area contributed by atoms with Crippen molar-refractivity contribution in [3.8, 4) is 0 Å². The summed E-state index contributed by atoms with van der Waals surface area (Å²) in [5.74, 6) is -0.0237. The van der Waals surface area contributed by atoms with Crippen LogP contribution in [0.15, 0.2) is 30.3 Å². The normalized spacial score (nSPS) is 19.6. The maximum Gasteiger partial charge on any atom is 0.243 e. The standard InChI is InChI=1S/C17H24N2O2/c1-4-14-16(21)18-12-15(20)19(14)17(2,3)11-10-13-8-6-5-7-9-13/h5-9,14H,4,10-12H2,1-3H3,(H,18,21). The van der Waals surface area contributed by atoms with Crippen LogP contribution in [0.25, 0.3) is 0 Å². The minimum atomic E-state index is -0.350. The quantitative estimate of drug-likeness (QED) is 0.902. The number of rotatable bonds is 5. The molecule has 0 radical (unpaired) electrons. The van der Waals surface area contributed by atoms with Crippen molar-refractivity contribution in [3.05, 3.63) is 35.9 Å². The van der Waals surface area contributed by atoms with Crippen molar-refractivity contribution in [3.63, 3.8) is 0 Å². The molecule has 21 heavy (non-hydrogen) atoms. The summed E-state index contributed by atoms with van der Waals surface area (Å²) >= 11 is 0. The Hall–Kier alpha value is -1.84. The molecular formula is C17H24N2O2. The van der Waals surface area contributed by atoms with E-state index in [0.717, 1.165) is 12.8 Å². The van der Waals surface area contributed by atoms with Gasteiger partial charge in [0.1, 0.15) is 6.04 Å². The van der Waals surface area contributed by atoms with Crippen LogP contribution in [0.3, 0.4) is 0 Å². The molecule has 1 N–H and O–H groups in total. The predicted molar refractivity (Wildman–Crippen MR) is 82.8 cm³/mol. The van der Waals surface area contributed by atoms with Crippen LogP contribution in [-0.2, 0) is 16.0 Å². The molecule has 1 heterocycles. The Bertz CT molecular complexity index is 511. The van der Waals surface area contributed by atoms with E-state index in [4.69, 9.17) is 0 Å². The molecule has 1 aromatic carbocycles. The zero-order valence-electron chi connectivity index (χ0n) is 13.1. The number of hydrogen-bond acceptors (Lipinski definition) is 2. The summed E-state index contributed by atoms with van der Waals surface area (Å²) in [5, 5.41) is 2.68.